The number of nitro groups is 1. The number of nitrogens with zero attached hydrogens (tertiary/aromatic N) is 1. The van der Waals surface area contributed by atoms with Gasteiger partial charge in [-0.15, -0.1) is 11.3 Å². The number of hydrogen-bond donors (Lipinski definition) is 1. The predicted molar refractivity (Wildman–Crippen MR) is 101 cm³/mol. The molecule has 0 fully saturated rings. The highest BCUT2D eigenvalue weighted by Gasteiger charge is 2.33. The van der Waals surface area contributed by atoms with E-state index in [-0.39, 0.29) is 20.6 Å². The van der Waals surface area contributed by atoms with E-state index in [0.717, 1.165) is 35.6 Å². The molecule has 0 bridgehead atoms. The molecule has 1 atom stereocenters. The molecule has 28 heavy (non-hydrogen) atoms. The SMILES string of the molecule is O=[N+]([O-])c1ccc(S(=O)(=O)NC[C@H](c2ccco2)S(=O)(=O)c2cccs2)cc1. The second-order valence-electron chi connectivity index (χ2n) is 5.58. The highest BCUT2D eigenvalue weighted by Crippen LogP contribution is 2.31. The van der Waals surface area contributed by atoms with Gasteiger partial charge in [0.25, 0.3) is 5.69 Å². The molecular formula is C16H14N2O7S3. The summed E-state index contributed by atoms with van der Waals surface area (Å²) in [5.74, 6) is 0.0970. The van der Waals surface area contributed by atoms with E-state index in [9.17, 15) is 26.9 Å². The number of nitrogens with one attached hydrogen (secondary N) is 1. The van der Waals surface area contributed by atoms with Crippen molar-refractivity contribution in [2.45, 2.75) is 14.4 Å². The van der Waals surface area contributed by atoms with Gasteiger partial charge in [0, 0.05) is 18.7 Å². The molecule has 0 spiro atoms. The Hall–Kier alpha value is -2.54. The van der Waals surface area contributed by atoms with Crippen molar-refractivity contribution in [1.82, 2.24) is 4.72 Å². The summed E-state index contributed by atoms with van der Waals surface area (Å²) >= 11 is 1.02. The van der Waals surface area contributed by atoms with Crippen molar-refractivity contribution in [3.8, 4) is 0 Å². The normalized spacial score (nSPS) is 13.3. The minimum absolute atomic E-state index is 0.0865. The van der Waals surface area contributed by atoms with E-state index in [1.807, 2.05) is 0 Å². The lowest BCUT2D eigenvalue weighted by molar-refractivity contribution is -0.384. The smallest absolute Gasteiger partial charge is 0.269 e. The van der Waals surface area contributed by atoms with E-state index in [1.54, 1.807) is 11.4 Å². The molecule has 0 radical (unpaired) electrons. The van der Waals surface area contributed by atoms with Crippen molar-refractivity contribution in [2.24, 2.45) is 0 Å². The predicted octanol–water partition coefficient (Wildman–Crippen LogP) is 2.74. The molecule has 3 aromatic rings. The molecule has 0 amide bonds. The second-order valence-corrected chi connectivity index (χ2v) is 10.7. The van der Waals surface area contributed by atoms with Crippen LogP contribution in [0.2, 0.25) is 0 Å². The number of sulfonamides is 1. The van der Waals surface area contributed by atoms with E-state index in [1.165, 1.54) is 24.5 Å². The molecule has 0 aliphatic heterocycles. The Morgan fingerprint density at radius 2 is 1.79 bits per heavy atom. The lowest BCUT2D eigenvalue weighted by Gasteiger charge is -2.15. The lowest BCUT2D eigenvalue weighted by atomic mass is 10.3. The fraction of sp³-hybridized carbons (Fsp3) is 0.125. The maximum Gasteiger partial charge on any atom is 0.269 e. The zero-order valence-electron chi connectivity index (χ0n) is 14.1. The van der Waals surface area contributed by atoms with Gasteiger partial charge < -0.3 is 4.42 Å². The van der Waals surface area contributed by atoms with Crippen LogP contribution in [-0.4, -0.2) is 28.3 Å². The van der Waals surface area contributed by atoms with Gasteiger partial charge in [0.05, 0.1) is 16.1 Å². The van der Waals surface area contributed by atoms with Crippen LogP contribution in [0.25, 0.3) is 0 Å². The third-order valence-corrected chi connectivity index (χ3v) is 8.76. The van der Waals surface area contributed by atoms with Crippen LogP contribution in [0.15, 0.2) is 73.7 Å². The largest absolute Gasteiger partial charge is 0.468 e. The molecule has 1 aromatic carbocycles. The molecule has 12 heteroatoms. The van der Waals surface area contributed by atoms with Crippen LogP contribution >= 0.6 is 11.3 Å². The number of sulfone groups is 1. The van der Waals surface area contributed by atoms with Crippen LogP contribution < -0.4 is 4.72 Å². The standard InChI is InChI=1S/C16H14N2O7S3/c19-18(20)12-5-7-13(8-6-12)28(23,24)17-11-15(14-3-1-9-25-14)27(21,22)16-4-2-10-26-16/h1-10,15,17H,11H2/t15-/m1/s1. The molecule has 1 N–H and O–H groups in total. The van der Waals surface area contributed by atoms with Gasteiger partial charge in [0.1, 0.15) is 15.2 Å². The highest BCUT2D eigenvalue weighted by molar-refractivity contribution is 7.93. The zero-order chi connectivity index (χ0) is 20.4. The van der Waals surface area contributed by atoms with Crippen LogP contribution in [-0.2, 0) is 19.9 Å². The Bertz CT molecular complexity index is 1150. The molecule has 0 saturated carbocycles. The first-order chi connectivity index (χ1) is 13.2. The van der Waals surface area contributed by atoms with Crippen LogP contribution in [0, 0.1) is 10.1 Å². The fourth-order valence-electron chi connectivity index (χ4n) is 2.42. The van der Waals surface area contributed by atoms with Crippen molar-refractivity contribution < 1.29 is 26.2 Å². The maximum atomic E-state index is 12.9. The van der Waals surface area contributed by atoms with Gasteiger partial charge in [0.15, 0.2) is 9.84 Å². The van der Waals surface area contributed by atoms with Crippen LogP contribution in [0.3, 0.4) is 0 Å². The van der Waals surface area contributed by atoms with Gasteiger partial charge >= 0.3 is 0 Å². The summed E-state index contributed by atoms with van der Waals surface area (Å²) < 4.78 is 58.3. The minimum atomic E-state index is -4.09. The number of nitro benzene ring substituents is 1. The van der Waals surface area contributed by atoms with E-state index < -0.39 is 36.6 Å². The van der Waals surface area contributed by atoms with E-state index in [0.29, 0.717) is 0 Å². The third kappa shape index (κ3) is 4.14. The summed E-state index contributed by atoms with van der Waals surface area (Å²) in [5.41, 5.74) is -0.257. The summed E-state index contributed by atoms with van der Waals surface area (Å²) in [6, 6.07) is 10.2. The molecule has 9 nitrogen and oxygen atoms in total. The Kier molecular flexibility index (Phi) is 5.65. The summed E-state index contributed by atoms with van der Waals surface area (Å²) in [7, 11) is -7.99. The monoisotopic (exact) mass is 442 g/mol. The molecule has 0 saturated heterocycles. The Labute approximate surface area is 164 Å². The van der Waals surface area contributed by atoms with Crippen molar-refractivity contribution in [1.29, 1.82) is 0 Å². The molecular weight excluding hydrogens is 428 g/mol. The zero-order valence-corrected chi connectivity index (χ0v) is 16.5. The first kappa shape index (κ1) is 20.2. The Morgan fingerprint density at radius 1 is 1.07 bits per heavy atom. The maximum absolute atomic E-state index is 12.9. The van der Waals surface area contributed by atoms with Crippen molar-refractivity contribution in [3.05, 3.63) is 76.0 Å². The van der Waals surface area contributed by atoms with Gasteiger partial charge in [-0.25, -0.2) is 21.6 Å². The Balaban J connectivity index is 1.87. The number of non-ortho nitro benzene ring substituents is 1. The molecule has 148 valence electrons. The summed E-state index contributed by atoms with van der Waals surface area (Å²) in [4.78, 5) is 9.83. The molecule has 0 aliphatic carbocycles. The summed E-state index contributed by atoms with van der Waals surface area (Å²) in [6.45, 7) is -0.465. The first-order valence-electron chi connectivity index (χ1n) is 7.77. The van der Waals surface area contributed by atoms with Crippen molar-refractivity contribution >= 4 is 36.9 Å². The van der Waals surface area contributed by atoms with E-state index in [4.69, 9.17) is 4.42 Å². The second kappa shape index (κ2) is 7.83. The van der Waals surface area contributed by atoms with Gasteiger partial charge in [-0.2, -0.15) is 0 Å². The average Bonchev–Trinajstić information content (AvgIpc) is 3.36. The number of rotatable bonds is 8. The quantitative estimate of drug-likeness (QED) is 0.418. The van der Waals surface area contributed by atoms with Crippen LogP contribution in [0.5, 0.6) is 0 Å². The lowest BCUT2D eigenvalue weighted by Crippen LogP contribution is -2.31. The van der Waals surface area contributed by atoms with Crippen molar-refractivity contribution in [2.75, 3.05) is 6.54 Å². The van der Waals surface area contributed by atoms with Gasteiger partial charge in [0.2, 0.25) is 10.0 Å². The fourth-order valence-corrected chi connectivity index (χ4v) is 6.36. The van der Waals surface area contributed by atoms with Gasteiger partial charge in [-0.3, -0.25) is 10.1 Å². The highest BCUT2D eigenvalue weighted by atomic mass is 32.2. The van der Waals surface area contributed by atoms with E-state index in [2.05, 4.69) is 4.72 Å². The molecule has 0 aliphatic rings. The van der Waals surface area contributed by atoms with Gasteiger partial charge in [-0.05, 0) is 35.7 Å². The third-order valence-electron chi connectivity index (χ3n) is 3.83. The Morgan fingerprint density at radius 3 is 2.32 bits per heavy atom. The van der Waals surface area contributed by atoms with E-state index >= 15 is 0 Å². The number of benzene rings is 1. The number of hydrogen-bond acceptors (Lipinski definition) is 8. The van der Waals surface area contributed by atoms with Gasteiger partial charge in [-0.1, -0.05) is 6.07 Å². The number of furan rings is 1. The molecule has 3 rings (SSSR count). The molecule has 0 unspecified atom stereocenters. The average molecular weight is 442 g/mol. The van der Waals surface area contributed by atoms with Crippen LogP contribution in [0.4, 0.5) is 5.69 Å². The summed E-state index contributed by atoms with van der Waals surface area (Å²) in [6.07, 6.45) is 1.30. The number of thiophene rings is 1. The minimum Gasteiger partial charge on any atom is -0.468 e. The summed E-state index contributed by atoms with van der Waals surface area (Å²) in [5, 5.41) is 11.0. The van der Waals surface area contributed by atoms with Crippen molar-refractivity contribution in [3.63, 3.8) is 0 Å². The first-order valence-corrected chi connectivity index (χ1v) is 11.7. The van der Waals surface area contributed by atoms with Crippen LogP contribution in [0.1, 0.15) is 11.0 Å². The molecule has 2 aromatic heterocycles. The topological polar surface area (TPSA) is 137 Å². The molecule has 2 heterocycles.